The molecular formula is C28H32FN5O2S. The van der Waals surface area contributed by atoms with Crippen molar-refractivity contribution in [3.63, 3.8) is 0 Å². The molecule has 0 radical (unpaired) electrons. The van der Waals surface area contributed by atoms with Gasteiger partial charge in [0.05, 0.1) is 15.9 Å². The molecule has 194 valence electrons. The summed E-state index contributed by atoms with van der Waals surface area (Å²) in [5.41, 5.74) is 3.32. The van der Waals surface area contributed by atoms with Crippen LogP contribution in [0.1, 0.15) is 37.7 Å². The lowest BCUT2D eigenvalue weighted by Crippen LogP contribution is -2.46. The first-order valence-electron chi connectivity index (χ1n) is 12.2. The molecule has 0 fully saturated rings. The van der Waals surface area contributed by atoms with E-state index in [9.17, 15) is 13.4 Å². The van der Waals surface area contributed by atoms with Crippen LogP contribution in [0.5, 0.6) is 0 Å². The largest absolute Gasteiger partial charge is 0.338 e. The number of imidazole rings is 1. The van der Waals surface area contributed by atoms with Crippen molar-refractivity contribution in [2.75, 3.05) is 6.54 Å². The normalized spacial score (nSPS) is 12.4. The first-order valence-corrected chi connectivity index (χ1v) is 13.3. The highest BCUT2D eigenvalue weighted by Crippen LogP contribution is 2.21. The van der Waals surface area contributed by atoms with Crippen molar-refractivity contribution in [1.82, 2.24) is 24.9 Å². The smallest absolute Gasteiger partial charge is 0.315 e. The topological polar surface area (TPSA) is 88.1 Å². The van der Waals surface area contributed by atoms with Gasteiger partial charge in [-0.1, -0.05) is 42.5 Å². The molecule has 0 aliphatic carbocycles. The summed E-state index contributed by atoms with van der Waals surface area (Å²) in [6.07, 6.45) is 0.542. The zero-order chi connectivity index (χ0) is 26.4. The monoisotopic (exact) mass is 521 g/mol. The third-order valence-electron chi connectivity index (χ3n) is 5.64. The lowest BCUT2D eigenvalue weighted by atomic mass is 10.1. The number of halogens is 1. The Morgan fingerprint density at radius 3 is 2.43 bits per heavy atom. The predicted octanol–water partition coefficient (Wildman–Crippen LogP) is 4.68. The Hall–Kier alpha value is -3.56. The van der Waals surface area contributed by atoms with Gasteiger partial charge in [0.25, 0.3) is 0 Å². The number of amides is 2. The lowest BCUT2D eigenvalue weighted by Gasteiger charge is -2.20. The molecule has 0 saturated heterocycles. The van der Waals surface area contributed by atoms with Gasteiger partial charge in [0, 0.05) is 31.6 Å². The molecule has 3 N–H and O–H groups in total. The third kappa shape index (κ3) is 7.47. The molecule has 0 aliphatic heterocycles. The number of aromatic nitrogens is 2. The lowest BCUT2D eigenvalue weighted by molar-refractivity contribution is 0.232. The number of carbonyl (C=O) groups excluding carboxylic acids is 1. The highest BCUT2D eigenvalue weighted by molar-refractivity contribution is 7.83. The van der Waals surface area contributed by atoms with Gasteiger partial charge in [0.2, 0.25) is 0 Å². The highest BCUT2D eigenvalue weighted by Gasteiger charge is 2.16. The maximum absolute atomic E-state index is 13.1. The van der Waals surface area contributed by atoms with E-state index in [1.54, 1.807) is 12.1 Å². The Morgan fingerprint density at radius 2 is 1.73 bits per heavy atom. The summed E-state index contributed by atoms with van der Waals surface area (Å²) in [4.78, 5) is 17.6. The summed E-state index contributed by atoms with van der Waals surface area (Å²) in [6, 6.07) is 21.6. The van der Waals surface area contributed by atoms with Crippen LogP contribution >= 0.6 is 0 Å². The van der Waals surface area contributed by atoms with E-state index in [1.807, 2.05) is 57.2 Å². The molecule has 2 amide bonds. The first kappa shape index (κ1) is 26.5. The minimum absolute atomic E-state index is 0.219. The number of rotatable bonds is 9. The highest BCUT2D eigenvalue weighted by atomic mass is 32.2. The van der Waals surface area contributed by atoms with Gasteiger partial charge in [0.15, 0.2) is 0 Å². The van der Waals surface area contributed by atoms with E-state index in [-0.39, 0.29) is 17.4 Å². The van der Waals surface area contributed by atoms with E-state index in [2.05, 4.69) is 32.1 Å². The van der Waals surface area contributed by atoms with Crippen molar-refractivity contribution in [2.24, 2.45) is 0 Å². The molecule has 4 aromatic rings. The molecule has 1 atom stereocenters. The molecule has 4 rings (SSSR count). The first-order chi connectivity index (χ1) is 17.7. The van der Waals surface area contributed by atoms with Crippen LogP contribution in [0.25, 0.3) is 11.0 Å². The number of nitrogens with one attached hydrogen (secondary N) is 3. The maximum atomic E-state index is 13.1. The summed E-state index contributed by atoms with van der Waals surface area (Å²) in [5, 5.41) is 5.80. The van der Waals surface area contributed by atoms with Gasteiger partial charge in [0.1, 0.15) is 22.6 Å². The quantitative estimate of drug-likeness (QED) is 0.299. The van der Waals surface area contributed by atoms with Crippen LogP contribution in [-0.4, -0.2) is 31.9 Å². The van der Waals surface area contributed by atoms with Crippen molar-refractivity contribution >= 4 is 28.1 Å². The maximum Gasteiger partial charge on any atom is 0.315 e. The molecule has 0 spiro atoms. The zero-order valence-electron chi connectivity index (χ0n) is 21.3. The number of carbonyl (C=O) groups is 1. The van der Waals surface area contributed by atoms with Crippen molar-refractivity contribution in [2.45, 2.75) is 50.7 Å². The van der Waals surface area contributed by atoms with E-state index < -0.39 is 11.0 Å². The fourth-order valence-electron chi connectivity index (χ4n) is 3.92. The van der Waals surface area contributed by atoms with E-state index in [4.69, 9.17) is 4.98 Å². The molecule has 7 nitrogen and oxygen atoms in total. The van der Waals surface area contributed by atoms with Gasteiger partial charge in [-0.05, 0) is 62.2 Å². The molecular weight excluding hydrogens is 489 g/mol. The summed E-state index contributed by atoms with van der Waals surface area (Å²) in [6.45, 7) is 7.21. The number of benzene rings is 3. The Kier molecular flexibility index (Phi) is 8.35. The number of nitrogens with zero attached hydrogens (tertiary/aromatic N) is 2. The molecule has 1 aromatic heterocycles. The molecule has 0 bridgehead atoms. The number of hydrogen-bond donors (Lipinski definition) is 3. The summed E-state index contributed by atoms with van der Waals surface area (Å²) >= 11 is 0. The summed E-state index contributed by atoms with van der Waals surface area (Å²) in [5.74, 6) is 0.527. The van der Waals surface area contributed by atoms with Gasteiger partial charge in [-0.25, -0.2) is 23.1 Å². The molecule has 0 saturated carbocycles. The summed E-state index contributed by atoms with van der Waals surface area (Å²) < 4.78 is 31.2. The summed E-state index contributed by atoms with van der Waals surface area (Å²) in [7, 11) is -1.46. The second kappa shape index (κ2) is 11.7. The Balaban J connectivity index is 1.52. The van der Waals surface area contributed by atoms with Crippen LogP contribution in [0.15, 0.2) is 77.7 Å². The van der Waals surface area contributed by atoms with E-state index in [0.717, 1.165) is 28.0 Å². The number of hydrogen-bond acceptors (Lipinski definition) is 3. The molecule has 1 heterocycles. The van der Waals surface area contributed by atoms with E-state index in [1.165, 1.54) is 12.1 Å². The number of urea groups is 1. The van der Waals surface area contributed by atoms with Crippen molar-refractivity contribution in [3.05, 3.63) is 95.6 Å². The predicted molar refractivity (Wildman–Crippen MR) is 145 cm³/mol. The molecule has 37 heavy (non-hydrogen) atoms. The molecule has 0 aliphatic rings. The van der Waals surface area contributed by atoms with Crippen LogP contribution in [0.2, 0.25) is 0 Å². The fraction of sp³-hybridized carbons (Fsp3) is 0.286. The van der Waals surface area contributed by atoms with Crippen LogP contribution in [0, 0.1) is 5.82 Å². The second-order valence-corrected chi connectivity index (χ2v) is 11.1. The van der Waals surface area contributed by atoms with E-state index in [0.29, 0.717) is 31.0 Å². The minimum Gasteiger partial charge on any atom is -0.338 e. The Morgan fingerprint density at radius 1 is 1.00 bits per heavy atom. The zero-order valence-corrected chi connectivity index (χ0v) is 22.1. The van der Waals surface area contributed by atoms with Crippen molar-refractivity contribution < 1.29 is 13.4 Å². The van der Waals surface area contributed by atoms with Crippen molar-refractivity contribution in [3.8, 4) is 0 Å². The Labute approximate surface area is 219 Å². The molecule has 1 unspecified atom stereocenters. The molecule has 3 aromatic carbocycles. The van der Waals surface area contributed by atoms with Gasteiger partial charge < -0.3 is 15.2 Å². The average Bonchev–Trinajstić information content (AvgIpc) is 3.19. The van der Waals surface area contributed by atoms with E-state index >= 15 is 0 Å². The third-order valence-corrected chi connectivity index (χ3v) is 6.73. The second-order valence-electron chi connectivity index (χ2n) is 9.85. The SMILES string of the molecule is CC(C)(C)NC(=O)NCCc1nc2cc(S(=O)NCc3ccc(F)cc3)ccc2n1Cc1ccccc1. The average molecular weight is 522 g/mol. The van der Waals surface area contributed by atoms with Crippen molar-refractivity contribution in [1.29, 1.82) is 0 Å². The van der Waals surface area contributed by atoms with Gasteiger partial charge in [-0.2, -0.15) is 0 Å². The van der Waals surface area contributed by atoms with Crippen LogP contribution < -0.4 is 15.4 Å². The molecule has 9 heteroatoms. The Bertz CT molecular complexity index is 1380. The van der Waals surface area contributed by atoms with Gasteiger partial charge >= 0.3 is 6.03 Å². The minimum atomic E-state index is -1.46. The standard InChI is InChI=1S/C28H32FN5O2S/c1-28(2,3)33-27(35)30-16-15-26-32-24-17-23(37(36)31-18-20-9-11-22(29)12-10-20)13-14-25(24)34(26)19-21-7-5-4-6-8-21/h4-14,17,31H,15-16,18-19H2,1-3H3,(H2,30,33,35). The fourth-order valence-corrected chi connectivity index (χ4v) is 4.79. The van der Waals surface area contributed by atoms with Gasteiger partial charge in [-0.3, -0.25) is 0 Å². The van der Waals surface area contributed by atoms with Crippen LogP contribution in [-0.2, 0) is 30.5 Å². The number of fused-ring (bicyclic) bond motifs is 1. The van der Waals surface area contributed by atoms with Crippen LogP contribution in [0.4, 0.5) is 9.18 Å². The van der Waals surface area contributed by atoms with Crippen LogP contribution in [0.3, 0.4) is 0 Å². The van der Waals surface area contributed by atoms with Gasteiger partial charge in [-0.15, -0.1) is 0 Å².